The first-order valence-corrected chi connectivity index (χ1v) is 12.7. The maximum atomic E-state index is 14.6. The quantitative estimate of drug-likeness (QED) is 0.263. The molecule has 1 aromatic heterocycles. The van der Waals surface area contributed by atoms with Gasteiger partial charge >= 0.3 is 0 Å². The van der Waals surface area contributed by atoms with Crippen LogP contribution in [0.4, 0.5) is 17.6 Å². The standard InChI is InChI=1S/C28H19F4N3O5S/c1-38-24-18(3-2-4-21(24)39-13-17-9-10-22(40-17)25(33)36)28-35(27(37)23-19(31)11-16(30)12-20(23)32)34-26(41-28)14-5-7-15(29)8-6-14/h2-12,28H,13H2,1H3,(H2,33,36). The minimum Gasteiger partial charge on any atom is -0.492 e. The van der Waals surface area contributed by atoms with E-state index in [1.54, 1.807) is 18.2 Å². The number of halogens is 4. The van der Waals surface area contributed by atoms with Gasteiger partial charge in [0.05, 0.1) is 7.11 Å². The van der Waals surface area contributed by atoms with Crippen molar-refractivity contribution >= 4 is 28.6 Å². The third-order valence-corrected chi connectivity index (χ3v) is 7.14. The van der Waals surface area contributed by atoms with Gasteiger partial charge in [-0.1, -0.05) is 23.9 Å². The smallest absolute Gasteiger partial charge is 0.284 e. The van der Waals surface area contributed by atoms with Crippen molar-refractivity contribution in [3.05, 3.63) is 118 Å². The Labute approximate surface area is 234 Å². The number of nitrogens with zero attached hydrogens (tertiary/aromatic N) is 2. The molecule has 0 spiro atoms. The lowest BCUT2D eigenvalue weighted by molar-refractivity contribution is 0.0737. The Kier molecular flexibility index (Phi) is 7.70. The summed E-state index contributed by atoms with van der Waals surface area (Å²) in [6, 6.07) is 13.7. The second kappa shape index (κ2) is 11.4. The van der Waals surface area contributed by atoms with Crippen LogP contribution in [0.15, 0.2) is 76.2 Å². The molecule has 8 nitrogen and oxygen atoms in total. The van der Waals surface area contributed by atoms with E-state index in [0.29, 0.717) is 29.0 Å². The van der Waals surface area contributed by atoms with Crippen molar-refractivity contribution in [2.75, 3.05) is 7.11 Å². The molecule has 5 rings (SSSR count). The van der Waals surface area contributed by atoms with Crippen LogP contribution in [0, 0.1) is 23.3 Å². The highest BCUT2D eigenvalue weighted by Gasteiger charge is 2.39. The molecule has 41 heavy (non-hydrogen) atoms. The van der Waals surface area contributed by atoms with Gasteiger partial charge in [0.1, 0.15) is 51.6 Å². The zero-order chi connectivity index (χ0) is 29.3. The first-order valence-electron chi connectivity index (χ1n) is 11.8. The molecular formula is C28H19F4N3O5S. The zero-order valence-corrected chi connectivity index (χ0v) is 21.9. The topological polar surface area (TPSA) is 107 Å². The van der Waals surface area contributed by atoms with E-state index in [2.05, 4.69) is 5.10 Å². The number of benzene rings is 3. The van der Waals surface area contributed by atoms with E-state index in [-0.39, 0.29) is 28.9 Å². The van der Waals surface area contributed by atoms with Crippen LogP contribution in [0.2, 0.25) is 0 Å². The lowest BCUT2D eigenvalue weighted by Gasteiger charge is -2.24. The average molecular weight is 586 g/mol. The van der Waals surface area contributed by atoms with Crippen molar-refractivity contribution in [3.8, 4) is 11.5 Å². The third kappa shape index (κ3) is 5.61. The van der Waals surface area contributed by atoms with Gasteiger partial charge in [0.15, 0.2) is 17.3 Å². The molecule has 4 aromatic rings. The summed E-state index contributed by atoms with van der Waals surface area (Å²) in [5.74, 6) is -5.80. The number of furan rings is 1. The van der Waals surface area contributed by atoms with Gasteiger partial charge in [-0.3, -0.25) is 9.59 Å². The van der Waals surface area contributed by atoms with Crippen molar-refractivity contribution in [2.45, 2.75) is 12.0 Å². The molecule has 0 saturated carbocycles. The Morgan fingerprint density at radius 1 is 1.00 bits per heavy atom. The Balaban J connectivity index is 1.53. The molecule has 3 aromatic carbocycles. The molecule has 0 radical (unpaired) electrons. The number of carbonyl (C=O) groups is 2. The lowest BCUT2D eigenvalue weighted by atomic mass is 10.1. The molecule has 0 saturated heterocycles. The molecule has 2 heterocycles. The highest BCUT2D eigenvalue weighted by atomic mass is 32.2. The Morgan fingerprint density at radius 2 is 1.71 bits per heavy atom. The fourth-order valence-electron chi connectivity index (χ4n) is 4.05. The average Bonchev–Trinajstić information content (AvgIpc) is 3.59. The number of thioether (sulfide) groups is 1. The van der Waals surface area contributed by atoms with Crippen molar-refractivity contribution in [3.63, 3.8) is 0 Å². The van der Waals surface area contributed by atoms with Crippen LogP contribution in [0.3, 0.4) is 0 Å². The number of nitrogens with two attached hydrogens (primary N) is 1. The van der Waals surface area contributed by atoms with Crippen LogP contribution < -0.4 is 15.2 Å². The molecular weight excluding hydrogens is 566 g/mol. The molecule has 13 heteroatoms. The van der Waals surface area contributed by atoms with E-state index in [4.69, 9.17) is 19.6 Å². The summed E-state index contributed by atoms with van der Waals surface area (Å²) in [5.41, 5.74) is 4.98. The molecule has 0 aliphatic carbocycles. The molecule has 1 unspecified atom stereocenters. The molecule has 2 N–H and O–H groups in total. The molecule has 2 amide bonds. The van der Waals surface area contributed by atoms with E-state index < -0.39 is 46.0 Å². The van der Waals surface area contributed by atoms with Crippen molar-refractivity contribution in [2.24, 2.45) is 10.8 Å². The fourth-order valence-corrected chi connectivity index (χ4v) is 5.23. The predicted octanol–water partition coefficient (Wildman–Crippen LogP) is 5.77. The van der Waals surface area contributed by atoms with Crippen LogP contribution in [0.25, 0.3) is 0 Å². The normalized spacial score (nSPS) is 14.6. The van der Waals surface area contributed by atoms with Gasteiger partial charge in [0.2, 0.25) is 0 Å². The van der Waals surface area contributed by atoms with E-state index in [1.165, 1.54) is 43.5 Å². The van der Waals surface area contributed by atoms with Crippen molar-refractivity contribution in [1.29, 1.82) is 0 Å². The summed E-state index contributed by atoms with van der Waals surface area (Å²) in [6.45, 7) is -0.114. The van der Waals surface area contributed by atoms with Gasteiger partial charge in [0.25, 0.3) is 11.8 Å². The first-order chi connectivity index (χ1) is 19.7. The largest absolute Gasteiger partial charge is 0.492 e. The molecule has 210 valence electrons. The molecule has 0 bridgehead atoms. The number of amides is 2. The van der Waals surface area contributed by atoms with Crippen LogP contribution in [0.1, 0.15) is 43.2 Å². The van der Waals surface area contributed by atoms with Gasteiger partial charge in [-0.15, -0.1) is 0 Å². The van der Waals surface area contributed by atoms with Crippen molar-refractivity contribution < 1.29 is 41.0 Å². The lowest BCUT2D eigenvalue weighted by Crippen LogP contribution is -2.28. The van der Waals surface area contributed by atoms with Crippen LogP contribution >= 0.6 is 11.8 Å². The highest BCUT2D eigenvalue weighted by Crippen LogP contribution is 2.48. The highest BCUT2D eigenvalue weighted by molar-refractivity contribution is 8.14. The third-order valence-electron chi connectivity index (χ3n) is 5.92. The van der Waals surface area contributed by atoms with Gasteiger partial charge in [-0.2, -0.15) is 5.10 Å². The number of hydrogen-bond donors (Lipinski definition) is 1. The Morgan fingerprint density at radius 3 is 2.34 bits per heavy atom. The predicted molar refractivity (Wildman–Crippen MR) is 140 cm³/mol. The van der Waals surface area contributed by atoms with E-state index in [0.717, 1.165) is 16.8 Å². The summed E-state index contributed by atoms with van der Waals surface area (Å²) < 4.78 is 73.1. The Hall–Kier alpha value is -4.78. The zero-order valence-electron chi connectivity index (χ0n) is 21.1. The second-order valence-corrected chi connectivity index (χ2v) is 9.64. The first kappa shape index (κ1) is 27.8. The van der Waals surface area contributed by atoms with E-state index in [9.17, 15) is 27.2 Å². The van der Waals surface area contributed by atoms with E-state index in [1.807, 2.05) is 0 Å². The summed E-state index contributed by atoms with van der Waals surface area (Å²) in [6.07, 6.45) is 0. The van der Waals surface area contributed by atoms with Crippen LogP contribution in [-0.2, 0) is 6.61 Å². The van der Waals surface area contributed by atoms with Crippen molar-refractivity contribution in [1.82, 2.24) is 5.01 Å². The maximum Gasteiger partial charge on any atom is 0.284 e. The van der Waals surface area contributed by atoms with Crippen LogP contribution in [0.5, 0.6) is 11.5 Å². The number of hydrazone groups is 1. The molecule has 0 fully saturated rings. The summed E-state index contributed by atoms with van der Waals surface area (Å²) in [4.78, 5) is 24.8. The Bertz CT molecular complexity index is 1650. The van der Waals surface area contributed by atoms with Gasteiger partial charge in [0, 0.05) is 23.3 Å². The SMILES string of the molecule is COc1c(OCc2ccc(C(N)=O)o2)cccc1C1SC(c2ccc(F)cc2)=NN1C(=O)c1c(F)cc(F)cc1F. The van der Waals surface area contributed by atoms with Gasteiger partial charge in [-0.05, 0) is 42.5 Å². The second-order valence-electron chi connectivity index (χ2n) is 8.57. The number of methoxy groups -OCH3 is 1. The molecule has 1 atom stereocenters. The van der Waals surface area contributed by atoms with E-state index >= 15 is 0 Å². The number of rotatable bonds is 8. The summed E-state index contributed by atoms with van der Waals surface area (Å²) in [5, 5.41) is 4.36. The monoisotopic (exact) mass is 585 g/mol. The number of para-hydroxylation sites is 1. The number of hydrogen-bond acceptors (Lipinski definition) is 7. The summed E-state index contributed by atoms with van der Waals surface area (Å²) >= 11 is 1.04. The minimum atomic E-state index is -1.40. The minimum absolute atomic E-state index is 0.0495. The maximum absolute atomic E-state index is 14.6. The number of carbonyl (C=O) groups excluding carboxylic acids is 2. The molecule has 1 aliphatic rings. The van der Waals surface area contributed by atoms with Gasteiger partial charge in [-0.25, -0.2) is 22.6 Å². The van der Waals surface area contributed by atoms with Gasteiger partial charge < -0.3 is 19.6 Å². The van der Waals surface area contributed by atoms with Crippen LogP contribution in [-0.4, -0.2) is 29.0 Å². The fraction of sp³-hybridized carbons (Fsp3) is 0.107. The number of primary amides is 1. The number of ether oxygens (including phenoxy) is 2. The summed E-state index contributed by atoms with van der Waals surface area (Å²) in [7, 11) is 1.36. The molecule has 1 aliphatic heterocycles.